The van der Waals surface area contributed by atoms with Gasteiger partial charge in [0.1, 0.15) is 4.21 Å². The number of thiophene rings is 2. The highest BCUT2D eigenvalue weighted by Crippen LogP contribution is 2.29. The predicted molar refractivity (Wildman–Crippen MR) is 95.4 cm³/mol. The van der Waals surface area contributed by atoms with Crippen molar-refractivity contribution in [1.29, 1.82) is 0 Å². The molecule has 0 spiro atoms. The fourth-order valence-electron chi connectivity index (χ4n) is 2.35. The van der Waals surface area contributed by atoms with Crippen LogP contribution in [0, 0.1) is 0 Å². The van der Waals surface area contributed by atoms with Crippen molar-refractivity contribution in [3.05, 3.63) is 37.3 Å². The van der Waals surface area contributed by atoms with E-state index in [0.717, 1.165) is 27.8 Å². The highest BCUT2D eigenvalue weighted by atomic mass is 79.9. The maximum atomic E-state index is 12.6. The summed E-state index contributed by atoms with van der Waals surface area (Å²) in [6.07, 6.45) is 0. The summed E-state index contributed by atoms with van der Waals surface area (Å²) < 4.78 is 28.7. The van der Waals surface area contributed by atoms with Crippen molar-refractivity contribution in [2.24, 2.45) is 0 Å². The molecule has 1 aliphatic rings. The van der Waals surface area contributed by atoms with Crippen LogP contribution in [0.5, 0.6) is 0 Å². The molecule has 0 bridgehead atoms. The lowest BCUT2D eigenvalue weighted by atomic mass is 10.3. The monoisotopic (exact) mass is 440 g/mol. The largest absolute Gasteiger partial charge is 0.296 e. The number of nitrogens with zero attached hydrogens (tertiary/aromatic N) is 2. The molecule has 0 unspecified atom stereocenters. The van der Waals surface area contributed by atoms with Crippen LogP contribution < -0.4 is 0 Å². The minimum absolute atomic E-state index is 0.401. The van der Waals surface area contributed by atoms with Crippen molar-refractivity contribution in [2.45, 2.75) is 10.8 Å². The summed E-state index contributed by atoms with van der Waals surface area (Å²) in [5.41, 5.74) is 0. The molecule has 0 aliphatic carbocycles. The van der Waals surface area contributed by atoms with Gasteiger partial charge < -0.3 is 0 Å². The van der Waals surface area contributed by atoms with Gasteiger partial charge in [0.25, 0.3) is 10.0 Å². The van der Waals surface area contributed by atoms with E-state index in [-0.39, 0.29) is 0 Å². The minimum Gasteiger partial charge on any atom is -0.296 e. The maximum absolute atomic E-state index is 12.6. The van der Waals surface area contributed by atoms with Gasteiger partial charge in [-0.05, 0) is 40.2 Å². The molecule has 0 aromatic carbocycles. The number of sulfonamides is 1. The van der Waals surface area contributed by atoms with Gasteiger partial charge in [0.2, 0.25) is 0 Å². The molecular weight excluding hydrogens is 428 g/mol. The van der Waals surface area contributed by atoms with Crippen molar-refractivity contribution < 1.29 is 8.42 Å². The van der Waals surface area contributed by atoms with E-state index in [1.165, 1.54) is 16.2 Å². The fraction of sp³-hybridized carbons (Fsp3) is 0.385. The molecule has 3 rings (SSSR count). The summed E-state index contributed by atoms with van der Waals surface area (Å²) in [5, 5.41) is 0. The molecule has 0 amide bonds. The summed E-state index contributed by atoms with van der Waals surface area (Å²) in [7, 11) is -3.36. The number of hydrogen-bond acceptors (Lipinski definition) is 5. The third kappa shape index (κ3) is 3.75. The zero-order valence-corrected chi connectivity index (χ0v) is 16.3. The van der Waals surface area contributed by atoms with Gasteiger partial charge in [-0.25, -0.2) is 8.42 Å². The predicted octanol–water partition coefficient (Wildman–Crippen LogP) is 3.73. The molecule has 1 aliphatic heterocycles. The number of halogens is 2. The second kappa shape index (κ2) is 6.88. The van der Waals surface area contributed by atoms with Crippen molar-refractivity contribution in [2.75, 3.05) is 26.2 Å². The molecule has 1 saturated heterocycles. The Morgan fingerprint density at radius 2 is 1.82 bits per heavy atom. The summed E-state index contributed by atoms with van der Waals surface area (Å²) in [6, 6.07) is 7.36. The summed E-state index contributed by atoms with van der Waals surface area (Å²) in [5.74, 6) is 0. The quantitative estimate of drug-likeness (QED) is 0.726. The lowest BCUT2D eigenvalue weighted by Crippen LogP contribution is -2.47. The number of hydrogen-bond donors (Lipinski definition) is 0. The molecule has 2 aromatic rings. The van der Waals surface area contributed by atoms with Crippen LogP contribution in [0.2, 0.25) is 4.34 Å². The Labute approximate surface area is 151 Å². The molecule has 2 aromatic heterocycles. The zero-order chi connectivity index (χ0) is 15.7. The first-order chi connectivity index (χ1) is 10.4. The molecule has 120 valence electrons. The van der Waals surface area contributed by atoms with Crippen molar-refractivity contribution in [3.8, 4) is 0 Å². The van der Waals surface area contributed by atoms with E-state index in [1.807, 2.05) is 12.1 Å². The Morgan fingerprint density at radius 3 is 2.36 bits per heavy atom. The van der Waals surface area contributed by atoms with Crippen LogP contribution in [-0.4, -0.2) is 43.8 Å². The fourth-order valence-corrected chi connectivity index (χ4v) is 7.07. The summed E-state index contributed by atoms with van der Waals surface area (Å²) >= 11 is 12.1. The molecule has 0 N–H and O–H groups in total. The zero-order valence-electron chi connectivity index (χ0n) is 11.5. The van der Waals surface area contributed by atoms with Crippen LogP contribution in [-0.2, 0) is 16.6 Å². The van der Waals surface area contributed by atoms with Crippen molar-refractivity contribution in [1.82, 2.24) is 9.21 Å². The number of piperazine rings is 1. The maximum Gasteiger partial charge on any atom is 0.252 e. The first kappa shape index (κ1) is 16.9. The van der Waals surface area contributed by atoms with E-state index in [0.29, 0.717) is 17.3 Å². The molecule has 9 heteroatoms. The van der Waals surface area contributed by atoms with Gasteiger partial charge in [-0.3, -0.25) is 4.90 Å². The van der Waals surface area contributed by atoms with Crippen LogP contribution >= 0.6 is 50.2 Å². The lowest BCUT2D eigenvalue weighted by Gasteiger charge is -2.33. The van der Waals surface area contributed by atoms with Crippen LogP contribution in [0.25, 0.3) is 0 Å². The van der Waals surface area contributed by atoms with Gasteiger partial charge in [-0.15, -0.1) is 22.7 Å². The molecule has 3 heterocycles. The van der Waals surface area contributed by atoms with E-state index in [1.54, 1.807) is 27.8 Å². The SMILES string of the molecule is O=S(=O)(c1ccc(Br)s1)N1CCN(Cc2ccc(Cl)s2)CC1. The topological polar surface area (TPSA) is 40.6 Å². The number of rotatable bonds is 4. The molecule has 0 radical (unpaired) electrons. The van der Waals surface area contributed by atoms with Crippen LogP contribution in [0.3, 0.4) is 0 Å². The van der Waals surface area contributed by atoms with Crippen LogP contribution in [0.1, 0.15) is 4.88 Å². The van der Waals surface area contributed by atoms with E-state index < -0.39 is 10.0 Å². The van der Waals surface area contributed by atoms with Crippen LogP contribution in [0.4, 0.5) is 0 Å². The van der Waals surface area contributed by atoms with E-state index in [9.17, 15) is 8.42 Å². The van der Waals surface area contributed by atoms with E-state index >= 15 is 0 Å². The Balaban J connectivity index is 1.61. The van der Waals surface area contributed by atoms with Crippen molar-refractivity contribution in [3.63, 3.8) is 0 Å². The Kier molecular flexibility index (Phi) is 5.28. The first-order valence-electron chi connectivity index (χ1n) is 6.67. The van der Waals surface area contributed by atoms with Crippen LogP contribution in [0.15, 0.2) is 32.3 Å². The second-order valence-corrected chi connectivity index (χ2v) is 11.4. The van der Waals surface area contributed by atoms with Crippen molar-refractivity contribution >= 4 is 60.2 Å². The highest BCUT2D eigenvalue weighted by Gasteiger charge is 2.29. The third-order valence-electron chi connectivity index (χ3n) is 3.48. The molecule has 1 fully saturated rings. The Bertz CT molecular complexity index is 751. The van der Waals surface area contributed by atoms with E-state index in [4.69, 9.17) is 11.6 Å². The summed E-state index contributed by atoms with van der Waals surface area (Å²) in [6.45, 7) is 3.35. The normalized spacial score (nSPS) is 17.9. The molecular formula is C13H14BrClN2O2S3. The standard InChI is InChI=1S/C13H14BrClN2O2S3/c14-11-2-4-13(21-11)22(18,19)17-7-5-16(6-8-17)9-10-1-3-12(15)20-10/h1-4H,5-9H2. The van der Waals surface area contributed by atoms with Gasteiger partial charge in [-0.2, -0.15) is 4.31 Å². The van der Waals surface area contributed by atoms with Gasteiger partial charge in [0.05, 0.1) is 8.12 Å². The smallest absolute Gasteiger partial charge is 0.252 e. The molecule has 0 atom stereocenters. The van der Waals surface area contributed by atoms with Gasteiger partial charge in [0.15, 0.2) is 0 Å². The first-order valence-corrected chi connectivity index (χ1v) is 10.9. The second-order valence-electron chi connectivity index (χ2n) is 4.94. The van der Waals surface area contributed by atoms with Gasteiger partial charge in [-0.1, -0.05) is 11.6 Å². The molecule has 22 heavy (non-hydrogen) atoms. The minimum atomic E-state index is -3.36. The summed E-state index contributed by atoms with van der Waals surface area (Å²) in [4.78, 5) is 3.47. The highest BCUT2D eigenvalue weighted by molar-refractivity contribution is 9.11. The van der Waals surface area contributed by atoms with Gasteiger partial charge >= 0.3 is 0 Å². The van der Waals surface area contributed by atoms with E-state index in [2.05, 4.69) is 20.8 Å². The van der Waals surface area contributed by atoms with Gasteiger partial charge in [0, 0.05) is 37.6 Å². The molecule has 0 saturated carbocycles. The molecule has 4 nitrogen and oxygen atoms in total. The lowest BCUT2D eigenvalue weighted by molar-refractivity contribution is 0.183. The third-order valence-corrected chi connectivity index (χ3v) is 8.69. The average molecular weight is 442 g/mol. The average Bonchev–Trinajstić information content (AvgIpc) is 3.09. The Hall–Kier alpha value is 0.0400. The Morgan fingerprint density at radius 1 is 1.09 bits per heavy atom.